The molecule has 2 aromatic carbocycles. The molecule has 1 fully saturated rings. The molecule has 0 aliphatic carbocycles. The first kappa shape index (κ1) is 23.4. The highest BCUT2D eigenvalue weighted by molar-refractivity contribution is 5.99. The average Bonchev–Trinajstić information content (AvgIpc) is 2.82. The Hall–Kier alpha value is -4.22. The van der Waals surface area contributed by atoms with E-state index in [0.29, 0.717) is 25.2 Å². The molecule has 3 rings (SSSR count). The Bertz CT molecular complexity index is 1100. The van der Waals surface area contributed by atoms with Crippen molar-refractivity contribution in [2.24, 2.45) is 0 Å². The number of hydrogen-bond donors (Lipinski definition) is 0. The van der Waals surface area contributed by atoms with Crippen molar-refractivity contribution in [3.8, 4) is 0 Å². The summed E-state index contributed by atoms with van der Waals surface area (Å²) in [5, 5.41) is 23.0. The minimum Gasteiger partial charge on any atom is -0.465 e. The maximum Gasteiger partial charge on any atom is 0.340 e. The summed E-state index contributed by atoms with van der Waals surface area (Å²) in [6, 6.07) is 8.42. The summed E-state index contributed by atoms with van der Waals surface area (Å²) in [6.45, 7) is 3.05. The van der Waals surface area contributed by atoms with Gasteiger partial charge in [0, 0.05) is 37.4 Å². The van der Waals surface area contributed by atoms with Crippen molar-refractivity contribution in [2.75, 3.05) is 43.7 Å². The fourth-order valence-electron chi connectivity index (χ4n) is 3.87. The summed E-state index contributed by atoms with van der Waals surface area (Å²) in [6.07, 6.45) is 0. The van der Waals surface area contributed by atoms with Crippen molar-refractivity contribution in [2.45, 2.75) is 13.0 Å². The number of nitro benzene ring substituents is 2. The van der Waals surface area contributed by atoms with E-state index in [1.165, 1.54) is 7.11 Å². The molecule has 1 heterocycles. The van der Waals surface area contributed by atoms with Crippen LogP contribution in [0.3, 0.4) is 0 Å². The lowest BCUT2D eigenvalue weighted by Crippen LogP contribution is -2.52. The smallest absolute Gasteiger partial charge is 0.340 e. The summed E-state index contributed by atoms with van der Waals surface area (Å²) in [7, 11) is 2.41. The predicted molar refractivity (Wildman–Crippen MR) is 118 cm³/mol. The van der Waals surface area contributed by atoms with E-state index in [2.05, 4.69) is 0 Å². The summed E-state index contributed by atoms with van der Waals surface area (Å²) < 4.78 is 9.44. The van der Waals surface area contributed by atoms with E-state index in [4.69, 9.17) is 9.47 Å². The number of methoxy groups -OCH3 is 2. The molecule has 1 unspecified atom stereocenters. The Balaban J connectivity index is 1.95. The second-order valence-corrected chi connectivity index (χ2v) is 7.39. The lowest BCUT2D eigenvalue weighted by molar-refractivity contribution is -0.393. The van der Waals surface area contributed by atoms with Crippen molar-refractivity contribution in [3.05, 3.63) is 67.8 Å². The van der Waals surface area contributed by atoms with Gasteiger partial charge < -0.3 is 19.3 Å². The number of rotatable bonds is 6. The Kier molecular flexibility index (Phi) is 6.75. The molecule has 0 spiro atoms. The maximum atomic E-state index is 12.4. The number of carbonyl (C=O) groups excluding carboxylic acids is 2. The number of anilines is 2. The standard InChI is InChI=1S/C21H22N4O8/c1-13-12-22(15-6-4-14(5-7-15)20(26)32-2)8-9-23(13)19-17(21(27)33-3)10-16(24(28)29)11-18(19)25(30)31/h4-7,10-11,13H,8-9,12H2,1-3H3. The highest BCUT2D eigenvalue weighted by Crippen LogP contribution is 2.38. The van der Waals surface area contributed by atoms with Crippen molar-refractivity contribution < 1.29 is 28.9 Å². The molecule has 0 bridgehead atoms. The average molecular weight is 458 g/mol. The van der Waals surface area contributed by atoms with Crippen LogP contribution in [0.25, 0.3) is 0 Å². The lowest BCUT2D eigenvalue weighted by Gasteiger charge is -2.42. The number of esters is 2. The zero-order chi connectivity index (χ0) is 24.3. The predicted octanol–water partition coefficient (Wildman–Crippen LogP) is 2.79. The van der Waals surface area contributed by atoms with Crippen molar-refractivity contribution in [1.29, 1.82) is 0 Å². The molecule has 33 heavy (non-hydrogen) atoms. The molecule has 1 aliphatic heterocycles. The zero-order valence-corrected chi connectivity index (χ0v) is 18.2. The van der Waals surface area contributed by atoms with Gasteiger partial charge in [-0.2, -0.15) is 0 Å². The van der Waals surface area contributed by atoms with E-state index in [1.54, 1.807) is 29.2 Å². The van der Waals surface area contributed by atoms with E-state index in [1.807, 2.05) is 11.8 Å². The first-order valence-electron chi connectivity index (χ1n) is 9.93. The van der Waals surface area contributed by atoms with Crippen LogP contribution in [0.2, 0.25) is 0 Å². The molecule has 1 atom stereocenters. The number of ether oxygens (including phenoxy) is 2. The van der Waals surface area contributed by atoms with Crippen LogP contribution in [-0.2, 0) is 9.47 Å². The van der Waals surface area contributed by atoms with Crippen molar-refractivity contribution in [3.63, 3.8) is 0 Å². The van der Waals surface area contributed by atoms with Gasteiger partial charge in [0.25, 0.3) is 11.4 Å². The summed E-state index contributed by atoms with van der Waals surface area (Å²) in [5.41, 5.74) is -0.0837. The summed E-state index contributed by atoms with van der Waals surface area (Å²) >= 11 is 0. The number of nitro groups is 2. The van der Waals surface area contributed by atoms with E-state index in [-0.39, 0.29) is 17.3 Å². The first-order chi connectivity index (χ1) is 15.7. The number of nitrogens with zero attached hydrogens (tertiary/aromatic N) is 4. The number of non-ortho nitro benzene ring substituents is 1. The minimum atomic E-state index is -0.898. The second-order valence-electron chi connectivity index (χ2n) is 7.39. The molecule has 1 aliphatic rings. The number of benzene rings is 2. The molecular weight excluding hydrogens is 436 g/mol. The molecule has 1 saturated heterocycles. The SMILES string of the molecule is COC(=O)c1ccc(N2CCN(c3c(C(=O)OC)cc([N+](=O)[O-])cc3[N+](=O)[O-])C(C)C2)cc1. The quantitative estimate of drug-likeness (QED) is 0.360. The molecular formula is C21H22N4O8. The fourth-order valence-corrected chi connectivity index (χ4v) is 3.87. The summed E-state index contributed by atoms with van der Waals surface area (Å²) in [5.74, 6) is -1.34. The Morgan fingerprint density at radius 2 is 1.61 bits per heavy atom. The van der Waals surface area contributed by atoms with Gasteiger partial charge in [0.2, 0.25) is 0 Å². The third-order valence-electron chi connectivity index (χ3n) is 5.46. The van der Waals surface area contributed by atoms with Gasteiger partial charge in [-0.3, -0.25) is 20.2 Å². The Labute approximate surface area is 188 Å². The van der Waals surface area contributed by atoms with E-state index in [9.17, 15) is 29.8 Å². The van der Waals surface area contributed by atoms with Crippen molar-refractivity contribution in [1.82, 2.24) is 0 Å². The normalized spacial score (nSPS) is 15.7. The highest BCUT2D eigenvalue weighted by Gasteiger charge is 2.35. The van der Waals surface area contributed by atoms with Crippen LogP contribution in [0.4, 0.5) is 22.7 Å². The van der Waals surface area contributed by atoms with Crippen molar-refractivity contribution >= 4 is 34.7 Å². The maximum absolute atomic E-state index is 12.4. The van der Waals surface area contributed by atoms with Gasteiger partial charge in [0.05, 0.1) is 41.3 Å². The van der Waals surface area contributed by atoms with Gasteiger partial charge in [-0.15, -0.1) is 0 Å². The van der Waals surface area contributed by atoms with Gasteiger partial charge in [-0.25, -0.2) is 9.59 Å². The largest absolute Gasteiger partial charge is 0.465 e. The van der Waals surface area contributed by atoms with E-state index < -0.39 is 33.2 Å². The molecule has 0 saturated carbocycles. The van der Waals surface area contributed by atoms with E-state index >= 15 is 0 Å². The molecule has 0 aromatic heterocycles. The first-order valence-corrected chi connectivity index (χ1v) is 9.93. The highest BCUT2D eigenvalue weighted by atomic mass is 16.6. The van der Waals surface area contributed by atoms with Crippen LogP contribution in [0.1, 0.15) is 27.6 Å². The topological polar surface area (TPSA) is 145 Å². The van der Waals surface area contributed by atoms with Gasteiger partial charge in [-0.05, 0) is 31.2 Å². The molecule has 12 heteroatoms. The van der Waals surface area contributed by atoms with Crippen LogP contribution in [-0.4, -0.2) is 61.7 Å². The molecule has 12 nitrogen and oxygen atoms in total. The van der Waals surface area contributed by atoms with Crippen LogP contribution in [0, 0.1) is 20.2 Å². The summed E-state index contributed by atoms with van der Waals surface area (Å²) in [4.78, 5) is 49.2. The van der Waals surface area contributed by atoms with Gasteiger partial charge >= 0.3 is 11.9 Å². The van der Waals surface area contributed by atoms with Crippen LogP contribution < -0.4 is 9.80 Å². The van der Waals surface area contributed by atoms with E-state index in [0.717, 1.165) is 24.9 Å². The van der Waals surface area contributed by atoms with Gasteiger partial charge in [0.15, 0.2) is 0 Å². The fraction of sp³-hybridized carbons (Fsp3) is 0.333. The Morgan fingerprint density at radius 1 is 0.970 bits per heavy atom. The lowest BCUT2D eigenvalue weighted by atomic mass is 10.0. The molecule has 174 valence electrons. The third-order valence-corrected chi connectivity index (χ3v) is 5.46. The second kappa shape index (κ2) is 9.51. The van der Waals surface area contributed by atoms with Crippen LogP contribution >= 0.6 is 0 Å². The van der Waals surface area contributed by atoms with Crippen LogP contribution in [0.5, 0.6) is 0 Å². The number of piperazine rings is 1. The molecule has 0 amide bonds. The third kappa shape index (κ3) is 4.68. The number of carbonyl (C=O) groups is 2. The Morgan fingerprint density at radius 3 is 2.12 bits per heavy atom. The molecule has 2 aromatic rings. The monoisotopic (exact) mass is 458 g/mol. The molecule has 0 radical (unpaired) electrons. The number of hydrogen-bond acceptors (Lipinski definition) is 10. The molecule has 0 N–H and O–H groups in total. The zero-order valence-electron chi connectivity index (χ0n) is 18.2. The minimum absolute atomic E-state index is 0.00867. The van der Waals surface area contributed by atoms with Crippen LogP contribution in [0.15, 0.2) is 36.4 Å². The van der Waals surface area contributed by atoms with Gasteiger partial charge in [-0.1, -0.05) is 0 Å². The van der Waals surface area contributed by atoms with Gasteiger partial charge in [0.1, 0.15) is 5.69 Å².